The smallest absolute Gasteiger partial charge is 0.288 e. The lowest BCUT2D eigenvalue weighted by Crippen LogP contribution is -2.33. The Morgan fingerprint density at radius 1 is 1.67 bits per heavy atom. The quantitative estimate of drug-likeness (QED) is 0.819. The van der Waals surface area contributed by atoms with E-state index < -0.39 is 6.04 Å². The van der Waals surface area contributed by atoms with Crippen LogP contribution in [0.15, 0.2) is 16.5 Å². The number of amides is 1. The Labute approximate surface area is 88.9 Å². The third-order valence-electron chi connectivity index (χ3n) is 2.00. The summed E-state index contributed by atoms with van der Waals surface area (Å²) in [7, 11) is 0. The Balaban J connectivity index is 2.59. The Morgan fingerprint density at radius 2 is 2.40 bits per heavy atom. The van der Waals surface area contributed by atoms with Crippen molar-refractivity contribution in [3.05, 3.63) is 23.7 Å². The van der Waals surface area contributed by atoms with Crippen LogP contribution in [0.25, 0.3) is 0 Å². The Kier molecular flexibility index (Phi) is 3.92. The zero-order valence-corrected chi connectivity index (χ0v) is 8.91. The van der Waals surface area contributed by atoms with Crippen molar-refractivity contribution in [2.24, 2.45) is 0 Å². The summed E-state index contributed by atoms with van der Waals surface area (Å²) in [5.41, 5.74) is 0. The van der Waals surface area contributed by atoms with Gasteiger partial charge in [0.05, 0.1) is 6.07 Å². The summed E-state index contributed by atoms with van der Waals surface area (Å²) in [4.78, 5) is 11.5. The van der Waals surface area contributed by atoms with Crippen molar-refractivity contribution in [1.29, 1.82) is 5.26 Å². The molecule has 80 valence electrons. The van der Waals surface area contributed by atoms with Crippen LogP contribution in [0.3, 0.4) is 0 Å². The number of nitrogens with one attached hydrogen (secondary N) is 1. The summed E-state index contributed by atoms with van der Waals surface area (Å²) >= 11 is 0. The number of hydrogen-bond donors (Lipinski definition) is 1. The molecule has 1 atom stereocenters. The van der Waals surface area contributed by atoms with Crippen LogP contribution in [-0.4, -0.2) is 11.9 Å². The van der Waals surface area contributed by atoms with Gasteiger partial charge >= 0.3 is 0 Å². The fraction of sp³-hybridized carbons (Fsp3) is 0.455. The van der Waals surface area contributed by atoms with Gasteiger partial charge in [-0.3, -0.25) is 4.79 Å². The van der Waals surface area contributed by atoms with E-state index in [9.17, 15) is 4.79 Å². The molecule has 1 aromatic rings. The van der Waals surface area contributed by atoms with Gasteiger partial charge in [-0.25, -0.2) is 0 Å². The molecule has 0 aliphatic rings. The Bertz CT molecular complexity index is 376. The zero-order chi connectivity index (χ0) is 11.3. The highest BCUT2D eigenvalue weighted by atomic mass is 16.3. The largest absolute Gasteiger partial charge is 0.456 e. The van der Waals surface area contributed by atoms with Gasteiger partial charge in [0, 0.05) is 0 Å². The van der Waals surface area contributed by atoms with E-state index in [2.05, 4.69) is 5.32 Å². The van der Waals surface area contributed by atoms with Gasteiger partial charge in [0.15, 0.2) is 5.76 Å². The van der Waals surface area contributed by atoms with Crippen LogP contribution in [0, 0.1) is 18.3 Å². The van der Waals surface area contributed by atoms with E-state index in [1.165, 1.54) is 0 Å². The molecule has 0 aliphatic carbocycles. The second-order valence-electron chi connectivity index (χ2n) is 3.35. The lowest BCUT2D eigenvalue weighted by Gasteiger charge is -2.08. The number of carbonyl (C=O) groups excluding carboxylic acids is 1. The number of nitriles is 1. The molecule has 0 aromatic carbocycles. The molecule has 1 N–H and O–H groups in total. The predicted molar refractivity (Wildman–Crippen MR) is 55.2 cm³/mol. The number of aryl methyl sites for hydroxylation is 1. The van der Waals surface area contributed by atoms with Crippen LogP contribution >= 0.6 is 0 Å². The molecule has 4 nitrogen and oxygen atoms in total. The number of rotatable bonds is 4. The molecule has 15 heavy (non-hydrogen) atoms. The second-order valence-corrected chi connectivity index (χ2v) is 3.35. The molecule has 1 unspecified atom stereocenters. The van der Waals surface area contributed by atoms with Crippen LogP contribution in [0.4, 0.5) is 0 Å². The maximum Gasteiger partial charge on any atom is 0.288 e. The van der Waals surface area contributed by atoms with Gasteiger partial charge in [-0.15, -0.1) is 0 Å². The topological polar surface area (TPSA) is 66.0 Å². The first-order valence-corrected chi connectivity index (χ1v) is 4.94. The summed E-state index contributed by atoms with van der Waals surface area (Å²) in [5.74, 6) is 0.608. The van der Waals surface area contributed by atoms with Gasteiger partial charge in [-0.05, 0) is 25.5 Å². The third-order valence-corrected chi connectivity index (χ3v) is 2.00. The fourth-order valence-corrected chi connectivity index (χ4v) is 1.24. The van der Waals surface area contributed by atoms with Crippen molar-refractivity contribution in [2.45, 2.75) is 32.7 Å². The molecule has 0 radical (unpaired) electrons. The SMILES string of the molecule is CCCC(C#N)NC(=O)c1ccc(C)o1. The van der Waals surface area contributed by atoms with Gasteiger partial charge < -0.3 is 9.73 Å². The van der Waals surface area contributed by atoms with Crippen molar-refractivity contribution in [2.75, 3.05) is 0 Å². The first kappa shape index (κ1) is 11.3. The predicted octanol–water partition coefficient (Wildman–Crippen LogP) is 2.01. The van der Waals surface area contributed by atoms with Crippen molar-refractivity contribution < 1.29 is 9.21 Å². The molecule has 1 aromatic heterocycles. The molecule has 0 aliphatic heterocycles. The van der Waals surface area contributed by atoms with E-state index in [4.69, 9.17) is 9.68 Å². The molecule has 4 heteroatoms. The van der Waals surface area contributed by atoms with E-state index in [1.54, 1.807) is 19.1 Å². The van der Waals surface area contributed by atoms with E-state index >= 15 is 0 Å². The fourth-order valence-electron chi connectivity index (χ4n) is 1.24. The highest BCUT2D eigenvalue weighted by molar-refractivity contribution is 5.91. The van der Waals surface area contributed by atoms with Crippen LogP contribution < -0.4 is 5.32 Å². The van der Waals surface area contributed by atoms with Crippen molar-refractivity contribution in [3.63, 3.8) is 0 Å². The highest BCUT2D eigenvalue weighted by Crippen LogP contribution is 2.06. The summed E-state index contributed by atoms with van der Waals surface area (Å²) in [6.07, 6.45) is 1.51. The molecular formula is C11H14N2O2. The van der Waals surface area contributed by atoms with Crippen LogP contribution in [-0.2, 0) is 0 Å². The van der Waals surface area contributed by atoms with Gasteiger partial charge in [0.25, 0.3) is 5.91 Å². The Morgan fingerprint density at radius 3 is 2.87 bits per heavy atom. The summed E-state index contributed by atoms with van der Waals surface area (Å²) in [5, 5.41) is 11.4. The van der Waals surface area contributed by atoms with Gasteiger partial charge in [0.2, 0.25) is 0 Å². The normalized spacial score (nSPS) is 11.8. The molecule has 0 fully saturated rings. The molecule has 1 heterocycles. The molecule has 0 spiro atoms. The molecule has 0 saturated carbocycles. The number of carbonyl (C=O) groups is 1. The Hall–Kier alpha value is -1.76. The summed E-state index contributed by atoms with van der Waals surface area (Å²) in [6, 6.07) is 4.92. The number of nitrogens with zero attached hydrogens (tertiary/aromatic N) is 1. The average molecular weight is 206 g/mol. The van der Waals surface area contributed by atoms with Gasteiger partial charge in [-0.1, -0.05) is 13.3 Å². The van der Waals surface area contributed by atoms with E-state index in [1.807, 2.05) is 13.0 Å². The molecule has 0 saturated heterocycles. The van der Waals surface area contributed by atoms with Gasteiger partial charge in [0.1, 0.15) is 11.8 Å². The van der Waals surface area contributed by atoms with Crippen LogP contribution in [0.2, 0.25) is 0 Å². The number of furan rings is 1. The standard InChI is InChI=1S/C11H14N2O2/c1-3-4-9(7-12)13-11(14)10-6-5-8(2)15-10/h5-6,9H,3-4H2,1-2H3,(H,13,14). The zero-order valence-electron chi connectivity index (χ0n) is 8.91. The number of hydrogen-bond acceptors (Lipinski definition) is 3. The summed E-state index contributed by atoms with van der Waals surface area (Å²) in [6.45, 7) is 3.73. The molecule has 0 bridgehead atoms. The lowest BCUT2D eigenvalue weighted by atomic mass is 10.2. The third kappa shape index (κ3) is 3.13. The monoisotopic (exact) mass is 206 g/mol. The van der Waals surface area contributed by atoms with E-state index in [0.29, 0.717) is 12.2 Å². The maximum atomic E-state index is 11.5. The van der Waals surface area contributed by atoms with Crippen LogP contribution in [0.5, 0.6) is 0 Å². The van der Waals surface area contributed by atoms with Gasteiger partial charge in [-0.2, -0.15) is 5.26 Å². The first-order valence-electron chi connectivity index (χ1n) is 4.94. The highest BCUT2D eigenvalue weighted by Gasteiger charge is 2.14. The lowest BCUT2D eigenvalue weighted by molar-refractivity contribution is 0.0914. The van der Waals surface area contributed by atoms with Crippen molar-refractivity contribution in [3.8, 4) is 6.07 Å². The second kappa shape index (κ2) is 5.20. The molecular weight excluding hydrogens is 192 g/mol. The molecule has 1 rings (SSSR count). The van der Waals surface area contributed by atoms with Crippen LogP contribution in [0.1, 0.15) is 36.1 Å². The molecule has 1 amide bonds. The van der Waals surface area contributed by atoms with E-state index in [-0.39, 0.29) is 11.7 Å². The minimum Gasteiger partial charge on any atom is -0.456 e. The van der Waals surface area contributed by atoms with Crippen molar-refractivity contribution in [1.82, 2.24) is 5.32 Å². The average Bonchev–Trinajstić information content (AvgIpc) is 2.64. The minimum atomic E-state index is -0.437. The minimum absolute atomic E-state index is 0.254. The maximum absolute atomic E-state index is 11.5. The first-order chi connectivity index (χ1) is 7.17. The van der Waals surface area contributed by atoms with Crippen molar-refractivity contribution >= 4 is 5.91 Å². The van der Waals surface area contributed by atoms with E-state index in [0.717, 1.165) is 6.42 Å². The summed E-state index contributed by atoms with van der Waals surface area (Å²) < 4.78 is 5.15.